The maximum absolute atomic E-state index is 10.8. The summed E-state index contributed by atoms with van der Waals surface area (Å²) in [6, 6.07) is -0.165. The van der Waals surface area contributed by atoms with Crippen molar-refractivity contribution < 1.29 is 9.59 Å². The van der Waals surface area contributed by atoms with E-state index in [4.69, 9.17) is 5.73 Å². The van der Waals surface area contributed by atoms with E-state index in [9.17, 15) is 9.59 Å². The van der Waals surface area contributed by atoms with E-state index in [0.29, 0.717) is 19.4 Å². The van der Waals surface area contributed by atoms with Crippen LogP contribution in [0.4, 0.5) is 0 Å². The molecule has 0 saturated carbocycles. The van der Waals surface area contributed by atoms with Gasteiger partial charge in [-0.25, -0.2) is 0 Å². The molecule has 1 saturated heterocycles. The van der Waals surface area contributed by atoms with Gasteiger partial charge in [0.2, 0.25) is 5.91 Å². The molecule has 0 bridgehead atoms. The van der Waals surface area contributed by atoms with E-state index in [1.807, 2.05) is 0 Å². The van der Waals surface area contributed by atoms with Crippen molar-refractivity contribution in [2.24, 2.45) is 11.7 Å². The van der Waals surface area contributed by atoms with Crippen molar-refractivity contribution in [2.75, 3.05) is 6.54 Å². The quantitative estimate of drug-likeness (QED) is 0.595. The fraction of sp³-hybridized carbons (Fsp3) is 0.750. The zero-order valence-electron chi connectivity index (χ0n) is 7.17. The van der Waals surface area contributed by atoms with E-state index in [1.165, 1.54) is 6.92 Å². The van der Waals surface area contributed by atoms with Crippen molar-refractivity contribution in [3.8, 4) is 0 Å². The van der Waals surface area contributed by atoms with Gasteiger partial charge in [-0.3, -0.25) is 9.59 Å². The lowest BCUT2D eigenvalue weighted by molar-refractivity contribution is -0.120. The number of amides is 1. The first-order valence-corrected chi connectivity index (χ1v) is 4.11. The molecule has 0 spiro atoms. The summed E-state index contributed by atoms with van der Waals surface area (Å²) in [5.41, 5.74) is 5.73. The number of carbonyl (C=O) groups is 2. The highest BCUT2D eigenvalue weighted by molar-refractivity contribution is 5.79. The van der Waals surface area contributed by atoms with Gasteiger partial charge in [-0.1, -0.05) is 0 Å². The summed E-state index contributed by atoms with van der Waals surface area (Å²) in [4.78, 5) is 21.5. The average molecular weight is 170 g/mol. The number of ketones is 1. The minimum absolute atomic E-state index is 0.0407. The molecule has 0 aromatic carbocycles. The zero-order valence-corrected chi connectivity index (χ0v) is 7.17. The monoisotopic (exact) mass is 170 g/mol. The van der Waals surface area contributed by atoms with Crippen molar-refractivity contribution in [1.82, 2.24) is 5.32 Å². The van der Waals surface area contributed by atoms with Gasteiger partial charge < -0.3 is 11.1 Å². The molecule has 2 atom stereocenters. The zero-order chi connectivity index (χ0) is 9.14. The molecular formula is C8H14N2O2. The van der Waals surface area contributed by atoms with Gasteiger partial charge >= 0.3 is 0 Å². The molecule has 1 aliphatic rings. The SMILES string of the molecule is CC(=O)CC(N)C1CNC(=O)C1. The molecule has 1 aliphatic heterocycles. The molecule has 1 rings (SSSR count). The van der Waals surface area contributed by atoms with Gasteiger partial charge in [-0.2, -0.15) is 0 Å². The lowest BCUT2D eigenvalue weighted by Crippen LogP contribution is -2.33. The maximum Gasteiger partial charge on any atom is 0.220 e. The largest absolute Gasteiger partial charge is 0.356 e. The summed E-state index contributed by atoms with van der Waals surface area (Å²) in [5.74, 6) is 0.266. The molecule has 3 N–H and O–H groups in total. The average Bonchev–Trinajstić information content (AvgIpc) is 2.34. The Morgan fingerprint density at radius 2 is 2.50 bits per heavy atom. The van der Waals surface area contributed by atoms with Crippen LogP contribution in [0.3, 0.4) is 0 Å². The second kappa shape index (κ2) is 3.67. The summed E-state index contributed by atoms with van der Waals surface area (Å²) in [6.07, 6.45) is 0.841. The van der Waals surface area contributed by atoms with Crippen molar-refractivity contribution in [1.29, 1.82) is 0 Å². The van der Waals surface area contributed by atoms with Crippen LogP contribution >= 0.6 is 0 Å². The third kappa shape index (κ3) is 2.30. The summed E-state index contributed by atoms with van der Waals surface area (Å²) < 4.78 is 0. The lowest BCUT2D eigenvalue weighted by atomic mass is 9.95. The number of rotatable bonds is 3. The van der Waals surface area contributed by atoms with Crippen LogP contribution < -0.4 is 11.1 Å². The Morgan fingerprint density at radius 1 is 1.83 bits per heavy atom. The first-order chi connectivity index (χ1) is 5.59. The predicted molar refractivity (Wildman–Crippen MR) is 44.4 cm³/mol. The molecule has 68 valence electrons. The van der Waals surface area contributed by atoms with Crippen LogP contribution in [0.25, 0.3) is 0 Å². The van der Waals surface area contributed by atoms with Crippen molar-refractivity contribution in [3.63, 3.8) is 0 Å². The van der Waals surface area contributed by atoms with Gasteiger partial charge in [0.25, 0.3) is 0 Å². The molecule has 0 aromatic heterocycles. The van der Waals surface area contributed by atoms with Gasteiger partial charge in [-0.05, 0) is 6.92 Å². The van der Waals surface area contributed by atoms with Gasteiger partial charge in [0.15, 0.2) is 0 Å². The molecule has 12 heavy (non-hydrogen) atoms. The Morgan fingerprint density at radius 3 is 2.92 bits per heavy atom. The van der Waals surface area contributed by atoms with Crippen molar-refractivity contribution in [3.05, 3.63) is 0 Å². The van der Waals surface area contributed by atoms with Gasteiger partial charge in [0.1, 0.15) is 5.78 Å². The molecular weight excluding hydrogens is 156 g/mol. The van der Waals surface area contributed by atoms with Crippen LogP contribution in [0.15, 0.2) is 0 Å². The Bertz CT molecular complexity index is 203. The summed E-state index contributed by atoms with van der Waals surface area (Å²) in [7, 11) is 0. The van der Waals surface area contributed by atoms with Gasteiger partial charge in [-0.15, -0.1) is 0 Å². The van der Waals surface area contributed by atoms with Crippen LogP contribution in [0.2, 0.25) is 0 Å². The Hall–Kier alpha value is -0.900. The van der Waals surface area contributed by atoms with E-state index in [-0.39, 0.29) is 23.7 Å². The molecule has 4 nitrogen and oxygen atoms in total. The number of carbonyl (C=O) groups excluding carboxylic acids is 2. The molecule has 1 heterocycles. The Balaban J connectivity index is 2.37. The normalized spacial score (nSPS) is 25.2. The third-order valence-corrected chi connectivity index (χ3v) is 2.14. The third-order valence-electron chi connectivity index (χ3n) is 2.14. The smallest absolute Gasteiger partial charge is 0.220 e. The molecule has 1 fully saturated rings. The van der Waals surface area contributed by atoms with E-state index < -0.39 is 0 Å². The Labute approximate surface area is 71.5 Å². The second-order valence-electron chi connectivity index (χ2n) is 3.34. The first-order valence-electron chi connectivity index (χ1n) is 4.11. The van der Waals surface area contributed by atoms with Gasteiger partial charge in [0, 0.05) is 31.3 Å². The molecule has 1 amide bonds. The fourth-order valence-electron chi connectivity index (χ4n) is 1.43. The molecule has 4 heteroatoms. The minimum Gasteiger partial charge on any atom is -0.356 e. The highest BCUT2D eigenvalue weighted by Gasteiger charge is 2.27. The lowest BCUT2D eigenvalue weighted by Gasteiger charge is -2.14. The number of nitrogens with two attached hydrogens (primary N) is 1. The minimum atomic E-state index is -0.165. The van der Waals surface area contributed by atoms with E-state index in [1.54, 1.807) is 0 Å². The van der Waals surface area contributed by atoms with E-state index >= 15 is 0 Å². The summed E-state index contributed by atoms with van der Waals surface area (Å²) in [6.45, 7) is 2.14. The van der Waals surface area contributed by atoms with Crippen LogP contribution in [0.5, 0.6) is 0 Å². The summed E-state index contributed by atoms with van der Waals surface area (Å²) in [5, 5.41) is 2.69. The van der Waals surface area contributed by atoms with Crippen molar-refractivity contribution >= 4 is 11.7 Å². The van der Waals surface area contributed by atoms with Crippen LogP contribution in [0.1, 0.15) is 19.8 Å². The second-order valence-corrected chi connectivity index (χ2v) is 3.34. The predicted octanol–water partition coefficient (Wildman–Crippen LogP) is -0.571. The molecule has 0 radical (unpaired) electrons. The van der Waals surface area contributed by atoms with Crippen LogP contribution in [0, 0.1) is 5.92 Å². The standard InChI is InChI=1S/C8H14N2O2/c1-5(11)2-7(9)6-3-8(12)10-4-6/h6-7H,2-4,9H2,1H3,(H,10,12). The topological polar surface area (TPSA) is 72.2 Å². The van der Waals surface area contributed by atoms with E-state index in [2.05, 4.69) is 5.32 Å². The highest BCUT2D eigenvalue weighted by atomic mass is 16.2. The fourth-order valence-corrected chi connectivity index (χ4v) is 1.43. The maximum atomic E-state index is 10.8. The number of Topliss-reactive ketones (excluding diaryl/α,β-unsaturated/α-hetero) is 1. The Kier molecular flexibility index (Phi) is 2.81. The van der Waals surface area contributed by atoms with E-state index in [0.717, 1.165) is 0 Å². The number of hydrogen-bond donors (Lipinski definition) is 2. The molecule has 2 unspecified atom stereocenters. The molecule has 0 aromatic rings. The number of hydrogen-bond acceptors (Lipinski definition) is 3. The number of nitrogens with one attached hydrogen (secondary N) is 1. The van der Waals surface area contributed by atoms with Crippen molar-refractivity contribution in [2.45, 2.75) is 25.8 Å². The highest BCUT2D eigenvalue weighted by Crippen LogP contribution is 2.14. The van der Waals surface area contributed by atoms with Crippen LogP contribution in [-0.4, -0.2) is 24.3 Å². The van der Waals surface area contributed by atoms with Gasteiger partial charge in [0.05, 0.1) is 0 Å². The summed E-state index contributed by atoms with van der Waals surface area (Å²) >= 11 is 0. The molecule has 0 aliphatic carbocycles. The van der Waals surface area contributed by atoms with Crippen LogP contribution in [-0.2, 0) is 9.59 Å². The first kappa shape index (κ1) is 9.19.